The largest absolute Gasteiger partial charge is 0.0695 e. The van der Waals surface area contributed by atoms with E-state index in [9.17, 15) is 0 Å². The van der Waals surface area contributed by atoms with Gasteiger partial charge in [0.1, 0.15) is 0 Å². The standard InChI is InChI=1S/C11H28Si2/c1-10(2)11(13(6,7)8)9-12(3,4)5/h10-11H,9H2,1-8H3. The highest BCUT2D eigenvalue weighted by Crippen LogP contribution is 2.37. The summed E-state index contributed by atoms with van der Waals surface area (Å²) in [4.78, 5) is 0. The fourth-order valence-electron chi connectivity index (χ4n) is 2.20. The van der Waals surface area contributed by atoms with Crippen LogP contribution in [0.15, 0.2) is 0 Å². The molecule has 0 aliphatic carbocycles. The normalized spacial score (nSPS) is 16.4. The van der Waals surface area contributed by atoms with Gasteiger partial charge in [0, 0.05) is 16.1 Å². The highest BCUT2D eigenvalue weighted by atomic mass is 28.3. The van der Waals surface area contributed by atoms with Crippen LogP contribution in [0.4, 0.5) is 0 Å². The Kier molecular flexibility index (Phi) is 4.45. The lowest BCUT2D eigenvalue weighted by molar-refractivity contribution is 0.600. The SMILES string of the molecule is CC(C)C(C[Si](C)(C)C)[Si](C)(C)C. The van der Waals surface area contributed by atoms with Gasteiger partial charge in [-0.2, -0.15) is 0 Å². The smallest absolute Gasteiger partial charge is 0.0473 e. The molecule has 13 heavy (non-hydrogen) atoms. The average Bonchev–Trinajstić information content (AvgIpc) is 1.77. The summed E-state index contributed by atoms with van der Waals surface area (Å²) in [5.41, 5.74) is 1.03. The molecule has 1 unspecified atom stereocenters. The second-order valence-corrected chi connectivity index (χ2v) is 18.0. The molecular formula is C11H28Si2. The third kappa shape index (κ3) is 5.68. The maximum atomic E-state index is 2.53. The van der Waals surface area contributed by atoms with E-state index in [1.807, 2.05) is 0 Å². The van der Waals surface area contributed by atoms with Crippen LogP contribution >= 0.6 is 0 Å². The number of rotatable bonds is 4. The van der Waals surface area contributed by atoms with Crippen LogP contribution in [0, 0.1) is 5.92 Å². The second-order valence-electron chi connectivity index (χ2n) is 6.98. The van der Waals surface area contributed by atoms with Crippen LogP contribution in [-0.2, 0) is 0 Å². The summed E-state index contributed by atoms with van der Waals surface area (Å²) >= 11 is 0. The molecule has 0 heterocycles. The lowest BCUT2D eigenvalue weighted by Crippen LogP contribution is -2.37. The van der Waals surface area contributed by atoms with Crippen molar-refractivity contribution in [2.45, 2.75) is 64.7 Å². The summed E-state index contributed by atoms with van der Waals surface area (Å²) in [6.07, 6.45) is 0. The molecule has 0 N–H and O–H groups in total. The first-order valence-electron chi connectivity index (χ1n) is 5.54. The van der Waals surface area contributed by atoms with E-state index < -0.39 is 16.1 Å². The molecule has 0 fully saturated rings. The fourth-order valence-corrected chi connectivity index (χ4v) is 10.3. The first kappa shape index (κ1) is 13.4. The van der Waals surface area contributed by atoms with Crippen LogP contribution in [0.5, 0.6) is 0 Å². The van der Waals surface area contributed by atoms with Gasteiger partial charge in [0.2, 0.25) is 0 Å². The summed E-state index contributed by atoms with van der Waals surface area (Å²) in [7, 11) is -1.78. The molecule has 0 aromatic rings. The molecule has 0 nitrogen and oxygen atoms in total. The van der Waals surface area contributed by atoms with Gasteiger partial charge in [0.05, 0.1) is 0 Å². The van der Waals surface area contributed by atoms with Crippen LogP contribution < -0.4 is 0 Å². The molecule has 0 bridgehead atoms. The van der Waals surface area contributed by atoms with E-state index in [1.165, 1.54) is 6.04 Å². The molecule has 0 aliphatic heterocycles. The summed E-state index contributed by atoms with van der Waals surface area (Å²) in [6, 6.07) is 1.53. The number of hydrogen-bond acceptors (Lipinski definition) is 0. The Bertz CT molecular complexity index is 148. The minimum absolute atomic E-state index is 0.858. The zero-order valence-electron chi connectivity index (χ0n) is 10.9. The molecule has 80 valence electrons. The maximum Gasteiger partial charge on any atom is 0.0473 e. The molecule has 0 aliphatic rings. The number of hydrogen-bond donors (Lipinski definition) is 0. The Balaban J connectivity index is 4.47. The van der Waals surface area contributed by atoms with Crippen molar-refractivity contribution in [3.8, 4) is 0 Å². The molecule has 0 radical (unpaired) electrons. The Hall–Kier alpha value is 0.434. The van der Waals surface area contributed by atoms with E-state index in [1.54, 1.807) is 0 Å². The van der Waals surface area contributed by atoms with E-state index in [2.05, 4.69) is 53.1 Å². The van der Waals surface area contributed by atoms with Gasteiger partial charge in [-0.05, 0) is 11.5 Å². The zero-order valence-corrected chi connectivity index (χ0v) is 12.9. The topological polar surface area (TPSA) is 0 Å². The Labute approximate surface area is 87.2 Å². The van der Waals surface area contributed by atoms with Crippen LogP contribution in [0.2, 0.25) is 50.9 Å². The molecule has 0 spiro atoms. The van der Waals surface area contributed by atoms with E-state index in [4.69, 9.17) is 0 Å². The molecule has 0 aromatic heterocycles. The molecule has 0 saturated heterocycles. The Morgan fingerprint density at radius 3 is 1.31 bits per heavy atom. The minimum atomic E-state index is -0.925. The first-order valence-corrected chi connectivity index (χ1v) is 12.8. The molecular weight excluding hydrogens is 188 g/mol. The molecule has 0 amide bonds. The highest BCUT2D eigenvalue weighted by molar-refractivity contribution is 6.82. The van der Waals surface area contributed by atoms with Gasteiger partial charge in [-0.1, -0.05) is 59.2 Å². The second kappa shape index (κ2) is 4.30. The average molecular weight is 217 g/mol. The van der Waals surface area contributed by atoms with Crippen molar-refractivity contribution in [3.63, 3.8) is 0 Å². The summed E-state index contributed by atoms with van der Waals surface area (Å²) in [6.45, 7) is 19.9. The third-order valence-electron chi connectivity index (χ3n) is 2.75. The molecule has 1 atom stereocenters. The van der Waals surface area contributed by atoms with Crippen molar-refractivity contribution in [2.75, 3.05) is 0 Å². The van der Waals surface area contributed by atoms with E-state index in [-0.39, 0.29) is 0 Å². The summed E-state index contributed by atoms with van der Waals surface area (Å²) in [5.74, 6) is 0.887. The maximum absolute atomic E-state index is 2.53. The van der Waals surface area contributed by atoms with Gasteiger partial charge < -0.3 is 0 Å². The van der Waals surface area contributed by atoms with Crippen molar-refractivity contribution in [1.82, 2.24) is 0 Å². The molecule has 0 saturated carbocycles. The minimum Gasteiger partial charge on any atom is -0.0695 e. The van der Waals surface area contributed by atoms with Gasteiger partial charge in [-0.3, -0.25) is 0 Å². The predicted octanol–water partition coefficient (Wildman–Crippen LogP) is 4.69. The third-order valence-corrected chi connectivity index (χ3v) is 7.92. The molecule has 0 rings (SSSR count). The van der Waals surface area contributed by atoms with Gasteiger partial charge in [-0.25, -0.2) is 0 Å². The van der Waals surface area contributed by atoms with Gasteiger partial charge >= 0.3 is 0 Å². The quantitative estimate of drug-likeness (QED) is 0.598. The first-order chi connectivity index (χ1) is 5.54. The van der Waals surface area contributed by atoms with Crippen LogP contribution in [0.3, 0.4) is 0 Å². The predicted molar refractivity (Wildman–Crippen MR) is 70.1 cm³/mol. The summed E-state index contributed by atoms with van der Waals surface area (Å²) < 4.78 is 0. The Morgan fingerprint density at radius 1 is 0.846 bits per heavy atom. The Morgan fingerprint density at radius 2 is 1.23 bits per heavy atom. The van der Waals surface area contributed by atoms with Crippen molar-refractivity contribution < 1.29 is 0 Å². The van der Waals surface area contributed by atoms with Crippen molar-refractivity contribution in [3.05, 3.63) is 0 Å². The monoisotopic (exact) mass is 216 g/mol. The van der Waals surface area contributed by atoms with Gasteiger partial charge in [-0.15, -0.1) is 0 Å². The van der Waals surface area contributed by atoms with Crippen molar-refractivity contribution in [1.29, 1.82) is 0 Å². The highest BCUT2D eigenvalue weighted by Gasteiger charge is 2.32. The molecule has 0 aromatic carbocycles. The van der Waals surface area contributed by atoms with Gasteiger partial charge in [0.15, 0.2) is 0 Å². The van der Waals surface area contributed by atoms with Crippen LogP contribution in [0.1, 0.15) is 13.8 Å². The van der Waals surface area contributed by atoms with Crippen LogP contribution in [0.25, 0.3) is 0 Å². The lowest BCUT2D eigenvalue weighted by Gasteiger charge is -2.36. The van der Waals surface area contributed by atoms with Gasteiger partial charge in [0.25, 0.3) is 0 Å². The van der Waals surface area contributed by atoms with Crippen LogP contribution in [-0.4, -0.2) is 16.1 Å². The van der Waals surface area contributed by atoms with E-state index in [0.29, 0.717) is 0 Å². The molecule has 2 heteroatoms. The van der Waals surface area contributed by atoms with Crippen molar-refractivity contribution >= 4 is 16.1 Å². The zero-order chi connectivity index (χ0) is 10.9. The van der Waals surface area contributed by atoms with E-state index in [0.717, 1.165) is 11.5 Å². The van der Waals surface area contributed by atoms with Crippen molar-refractivity contribution in [2.24, 2.45) is 5.92 Å². The lowest BCUT2D eigenvalue weighted by atomic mass is 10.1. The van der Waals surface area contributed by atoms with E-state index >= 15 is 0 Å². The summed E-state index contributed by atoms with van der Waals surface area (Å²) in [5, 5.41) is 0. The fraction of sp³-hybridized carbons (Fsp3) is 1.00.